The number of nitrogens with one attached hydrogen (secondary N) is 1. The molecule has 5 rings (SSSR count). The molecule has 46 heavy (non-hydrogen) atoms. The molecule has 2 N–H and O–H groups in total. The number of rotatable bonds is 10. The lowest BCUT2D eigenvalue weighted by Crippen LogP contribution is -2.63. The van der Waals surface area contributed by atoms with Crippen LogP contribution in [0.1, 0.15) is 73.6 Å². The number of aliphatic hydroxyl groups excluding tert-OH is 1. The van der Waals surface area contributed by atoms with Crippen molar-refractivity contribution in [3.63, 3.8) is 0 Å². The first-order chi connectivity index (χ1) is 21.6. The summed E-state index contributed by atoms with van der Waals surface area (Å²) in [5, 5.41) is 16.1. The Balaban J connectivity index is 1.23. The summed E-state index contributed by atoms with van der Waals surface area (Å²) in [4.78, 5) is 44.5. The van der Waals surface area contributed by atoms with Crippen molar-refractivity contribution in [2.45, 2.75) is 97.1 Å². The number of nitrogens with zero attached hydrogens (tertiary/aromatic N) is 2. The molecule has 1 aromatic heterocycles. The molecule has 1 heterocycles. The van der Waals surface area contributed by atoms with Gasteiger partial charge in [0, 0.05) is 52.6 Å². The molecule has 0 amide bonds. The van der Waals surface area contributed by atoms with E-state index in [9.17, 15) is 19.5 Å². The average Bonchev–Trinajstić information content (AvgIpc) is 3.37. The summed E-state index contributed by atoms with van der Waals surface area (Å²) in [6, 6.07) is 5.10. The van der Waals surface area contributed by atoms with Gasteiger partial charge in [-0.05, 0) is 75.0 Å². The number of halogens is 1. The normalized spacial score (nSPS) is 34.5. The SMILES string of the molecule is C=C[C@]1(C)C[C@@H](OC(=O)CSC(C)(C)CNCCn2cnc3ccc(Cl)cc3c2=O)[C@]2(C)[C@H](C)CC[C@]3(CCC(=O)[C@H]32)[C@@H](C)[C@@H]1O. The second-order valence-corrected chi connectivity index (χ2v) is 17.3. The monoisotopic (exact) mass is 671 g/mol. The van der Waals surface area contributed by atoms with Crippen LogP contribution >= 0.6 is 23.4 Å². The van der Waals surface area contributed by atoms with Crippen molar-refractivity contribution in [3.05, 3.63) is 52.6 Å². The third kappa shape index (κ3) is 6.22. The lowest BCUT2D eigenvalue weighted by atomic mass is 9.44. The number of hydrogen-bond donors (Lipinski definition) is 2. The molecule has 1 aromatic carbocycles. The maximum absolute atomic E-state index is 13.6. The smallest absolute Gasteiger partial charge is 0.316 e. The molecule has 2 bridgehead atoms. The summed E-state index contributed by atoms with van der Waals surface area (Å²) >= 11 is 7.60. The zero-order chi connectivity index (χ0) is 33.7. The topological polar surface area (TPSA) is 111 Å². The molecule has 0 aliphatic heterocycles. The van der Waals surface area contributed by atoms with E-state index in [1.165, 1.54) is 11.8 Å². The second kappa shape index (κ2) is 13.0. The first kappa shape index (κ1) is 35.1. The van der Waals surface area contributed by atoms with Crippen molar-refractivity contribution in [1.29, 1.82) is 0 Å². The number of ketones is 1. The lowest BCUT2D eigenvalue weighted by molar-refractivity contribution is -0.205. The van der Waals surface area contributed by atoms with Crippen LogP contribution in [-0.2, 0) is 20.9 Å². The summed E-state index contributed by atoms with van der Waals surface area (Å²) in [5.74, 6) is 0.00373. The highest BCUT2D eigenvalue weighted by Crippen LogP contribution is 2.68. The number of aromatic nitrogens is 2. The van der Waals surface area contributed by atoms with Crippen LogP contribution in [0.3, 0.4) is 0 Å². The van der Waals surface area contributed by atoms with Gasteiger partial charge in [-0.2, -0.15) is 0 Å². The predicted molar refractivity (Wildman–Crippen MR) is 185 cm³/mol. The molecule has 10 heteroatoms. The molecular formula is C36H50ClN3O5S. The number of carbonyl (C=O) groups excluding carboxylic acids is 2. The van der Waals surface area contributed by atoms with Crippen LogP contribution < -0.4 is 10.9 Å². The Morgan fingerprint density at radius 2 is 2.02 bits per heavy atom. The van der Waals surface area contributed by atoms with E-state index < -0.39 is 23.0 Å². The van der Waals surface area contributed by atoms with Gasteiger partial charge in [-0.3, -0.25) is 19.0 Å². The number of esters is 1. The third-order valence-corrected chi connectivity index (χ3v) is 13.6. The molecule has 0 radical (unpaired) electrons. The first-order valence-electron chi connectivity index (χ1n) is 16.6. The highest BCUT2D eigenvalue weighted by atomic mass is 35.5. The Kier molecular flexibility index (Phi) is 9.94. The second-order valence-electron chi connectivity index (χ2n) is 15.2. The molecule has 3 saturated carbocycles. The fraction of sp³-hybridized carbons (Fsp3) is 0.667. The molecule has 252 valence electrons. The Morgan fingerprint density at radius 1 is 1.28 bits per heavy atom. The summed E-state index contributed by atoms with van der Waals surface area (Å²) in [5.41, 5.74) is -0.993. The van der Waals surface area contributed by atoms with Crippen LogP contribution in [-0.4, -0.2) is 62.2 Å². The maximum atomic E-state index is 13.6. The Hall–Kier alpha value is -2.20. The molecule has 0 saturated heterocycles. The van der Waals surface area contributed by atoms with E-state index in [-0.39, 0.29) is 51.0 Å². The van der Waals surface area contributed by atoms with E-state index in [0.717, 1.165) is 19.3 Å². The first-order valence-corrected chi connectivity index (χ1v) is 18.0. The van der Waals surface area contributed by atoms with E-state index in [1.807, 2.05) is 13.0 Å². The fourth-order valence-electron chi connectivity index (χ4n) is 8.88. The van der Waals surface area contributed by atoms with Crippen molar-refractivity contribution < 1.29 is 19.4 Å². The van der Waals surface area contributed by atoms with E-state index in [0.29, 0.717) is 48.4 Å². The van der Waals surface area contributed by atoms with Crippen molar-refractivity contribution in [2.24, 2.45) is 34.0 Å². The van der Waals surface area contributed by atoms with Crippen LogP contribution in [0.25, 0.3) is 10.9 Å². The van der Waals surface area contributed by atoms with Crippen molar-refractivity contribution in [3.8, 4) is 0 Å². The van der Waals surface area contributed by atoms with Gasteiger partial charge in [0.1, 0.15) is 11.9 Å². The van der Waals surface area contributed by atoms with Crippen molar-refractivity contribution in [2.75, 3.05) is 18.8 Å². The molecule has 3 aliphatic carbocycles. The quantitative estimate of drug-likeness (QED) is 0.178. The predicted octanol–water partition coefficient (Wildman–Crippen LogP) is 6.06. The number of Topliss-reactive ketones (excluding diaryl/α,β-unsaturated/α-hetero) is 1. The van der Waals surface area contributed by atoms with Gasteiger partial charge in [-0.15, -0.1) is 18.3 Å². The number of aliphatic hydroxyl groups is 1. The number of benzene rings is 1. The Labute approximate surface area is 282 Å². The largest absolute Gasteiger partial charge is 0.461 e. The number of thioether (sulfide) groups is 1. The summed E-state index contributed by atoms with van der Waals surface area (Å²) in [6.45, 7) is 18.3. The van der Waals surface area contributed by atoms with Crippen LogP contribution in [0.5, 0.6) is 0 Å². The minimum absolute atomic E-state index is 0.0612. The zero-order valence-corrected chi connectivity index (χ0v) is 29.7. The third-order valence-electron chi connectivity index (χ3n) is 12.0. The van der Waals surface area contributed by atoms with E-state index in [2.05, 4.69) is 51.5 Å². The average molecular weight is 672 g/mol. The number of carbonyl (C=O) groups is 2. The van der Waals surface area contributed by atoms with Crippen LogP contribution in [0.15, 0.2) is 42.0 Å². The summed E-state index contributed by atoms with van der Waals surface area (Å²) < 4.78 is 7.69. The van der Waals surface area contributed by atoms with Crippen LogP contribution in [0.2, 0.25) is 5.02 Å². The standard InChI is InChI=1S/C36H50ClN3O5S/c1-8-34(6)18-28(35(7)22(2)11-13-36(23(3)31(34)43)14-12-27(41)30(35)36)45-29(42)19-46-33(4,5)20-38-15-16-40-21-39-26-10-9-24(37)17-25(26)32(40)44/h8-10,17,21-23,28,30-31,38,43H,1,11-16,18-20H2,2-7H3/t22-,23+,28-,30+,31+,34-,35+,36+/m1/s1. The molecule has 8 atom stereocenters. The number of ether oxygens (including phenoxy) is 1. The Bertz CT molecular complexity index is 1560. The van der Waals surface area contributed by atoms with Crippen molar-refractivity contribution >= 4 is 46.0 Å². The molecule has 0 unspecified atom stereocenters. The highest BCUT2D eigenvalue weighted by Gasteiger charge is 2.68. The fourth-order valence-corrected chi connectivity index (χ4v) is 9.83. The molecule has 3 aliphatic rings. The summed E-state index contributed by atoms with van der Waals surface area (Å²) in [6.07, 6.45) is 5.76. The van der Waals surface area contributed by atoms with Gasteiger partial charge in [0.2, 0.25) is 0 Å². The minimum Gasteiger partial charge on any atom is -0.461 e. The number of hydrogen-bond acceptors (Lipinski definition) is 8. The molecule has 2 aromatic rings. The molecular weight excluding hydrogens is 622 g/mol. The van der Waals surface area contributed by atoms with Crippen molar-refractivity contribution in [1.82, 2.24) is 14.9 Å². The van der Waals surface area contributed by atoms with Gasteiger partial charge < -0.3 is 15.2 Å². The van der Waals surface area contributed by atoms with Crippen LogP contribution in [0, 0.1) is 34.0 Å². The van der Waals surface area contributed by atoms with Gasteiger partial charge in [-0.1, -0.05) is 45.4 Å². The van der Waals surface area contributed by atoms with Gasteiger partial charge in [0.15, 0.2) is 0 Å². The van der Waals surface area contributed by atoms with Gasteiger partial charge >= 0.3 is 5.97 Å². The maximum Gasteiger partial charge on any atom is 0.316 e. The van der Waals surface area contributed by atoms with Gasteiger partial charge in [-0.25, -0.2) is 4.98 Å². The van der Waals surface area contributed by atoms with Gasteiger partial charge in [0.25, 0.3) is 5.56 Å². The van der Waals surface area contributed by atoms with E-state index >= 15 is 0 Å². The lowest BCUT2D eigenvalue weighted by Gasteiger charge is -2.61. The number of fused-ring (bicyclic) bond motifs is 1. The van der Waals surface area contributed by atoms with E-state index in [4.69, 9.17) is 16.3 Å². The molecule has 8 nitrogen and oxygen atoms in total. The highest BCUT2D eigenvalue weighted by molar-refractivity contribution is 8.01. The van der Waals surface area contributed by atoms with Gasteiger partial charge in [0.05, 0.1) is 29.1 Å². The van der Waals surface area contributed by atoms with E-state index in [1.54, 1.807) is 29.1 Å². The van der Waals surface area contributed by atoms with Crippen LogP contribution in [0.4, 0.5) is 0 Å². The zero-order valence-electron chi connectivity index (χ0n) is 28.1. The molecule has 3 fully saturated rings. The Morgan fingerprint density at radius 3 is 2.74 bits per heavy atom. The summed E-state index contributed by atoms with van der Waals surface area (Å²) in [7, 11) is 0. The minimum atomic E-state index is -0.684. The molecule has 0 spiro atoms.